The lowest BCUT2D eigenvalue weighted by atomic mass is 10.1. The number of rotatable bonds is 6. The van der Waals surface area contributed by atoms with Crippen LogP contribution in [0.4, 0.5) is 0 Å². The van der Waals surface area contributed by atoms with Gasteiger partial charge >= 0.3 is 0 Å². The molecule has 0 atom stereocenters. The van der Waals surface area contributed by atoms with Crippen LogP contribution in [0.25, 0.3) is 0 Å². The van der Waals surface area contributed by atoms with Crippen LogP contribution in [0.15, 0.2) is 55.1 Å². The third kappa shape index (κ3) is 3.16. The zero-order chi connectivity index (χ0) is 14.4. The molecule has 0 unspecified atom stereocenters. The molecule has 0 bridgehead atoms. The quantitative estimate of drug-likeness (QED) is 0.365. The number of carbonyl (C=O) groups excluding carboxylic acids is 1. The number of nitrogens with one attached hydrogen (secondary N) is 1. The first-order valence-corrected chi connectivity index (χ1v) is 6.60. The molecule has 2 rings (SSSR count). The van der Waals surface area contributed by atoms with Crippen LogP contribution in [0.2, 0.25) is 0 Å². The van der Waals surface area contributed by atoms with E-state index in [-0.39, 0.29) is 5.91 Å². The number of allylic oxidation sites excluding steroid dienone is 1. The van der Waals surface area contributed by atoms with Crippen LogP contribution in [0, 0.1) is 0 Å². The number of hydrazine groups is 1. The van der Waals surface area contributed by atoms with Crippen molar-refractivity contribution in [1.29, 1.82) is 0 Å². The van der Waals surface area contributed by atoms with Gasteiger partial charge in [-0.05, 0) is 30.5 Å². The molecule has 1 aromatic heterocycles. The molecule has 1 heterocycles. The third-order valence-electron chi connectivity index (χ3n) is 3.26. The Hall–Kier alpha value is -2.33. The maximum Gasteiger partial charge on any atom is 0.281 e. The highest BCUT2D eigenvalue weighted by Crippen LogP contribution is 2.13. The van der Waals surface area contributed by atoms with E-state index < -0.39 is 0 Å². The average Bonchev–Trinajstić information content (AvgIpc) is 2.89. The predicted octanol–water partition coefficient (Wildman–Crippen LogP) is 2.06. The lowest BCUT2D eigenvalue weighted by Gasteiger charge is -2.10. The fourth-order valence-corrected chi connectivity index (χ4v) is 2.26. The van der Waals surface area contributed by atoms with Gasteiger partial charge in [0.1, 0.15) is 5.69 Å². The highest BCUT2D eigenvalue weighted by atomic mass is 16.2. The van der Waals surface area contributed by atoms with Gasteiger partial charge in [-0.3, -0.25) is 10.2 Å². The fraction of sp³-hybridized carbons (Fsp3) is 0.188. The molecule has 2 aromatic rings. The maximum atomic E-state index is 11.7. The molecule has 0 aliphatic rings. The fourth-order valence-electron chi connectivity index (χ4n) is 2.26. The van der Waals surface area contributed by atoms with E-state index in [2.05, 4.69) is 24.1 Å². The molecule has 20 heavy (non-hydrogen) atoms. The first kappa shape index (κ1) is 14.1. The van der Waals surface area contributed by atoms with Crippen LogP contribution < -0.4 is 11.3 Å². The summed E-state index contributed by atoms with van der Waals surface area (Å²) >= 11 is 0. The van der Waals surface area contributed by atoms with E-state index in [0.29, 0.717) is 12.2 Å². The molecule has 1 aromatic carbocycles. The molecule has 104 valence electrons. The summed E-state index contributed by atoms with van der Waals surface area (Å²) in [6.45, 7) is 4.33. The molecule has 0 saturated carbocycles. The van der Waals surface area contributed by atoms with E-state index in [4.69, 9.17) is 5.84 Å². The molecule has 1 amide bonds. The normalized spacial score (nSPS) is 10.2. The van der Waals surface area contributed by atoms with Gasteiger partial charge in [0.15, 0.2) is 0 Å². The SMILES string of the molecule is C=CCn1c(CCc2ccccc2)ccc1C(=O)NN. The Bertz CT molecular complexity index is 587. The summed E-state index contributed by atoms with van der Waals surface area (Å²) in [7, 11) is 0. The van der Waals surface area contributed by atoms with Gasteiger partial charge in [0.25, 0.3) is 5.91 Å². The monoisotopic (exact) mass is 269 g/mol. The summed E-state index contributed by atoms with van der Waals surface area (Å²) in [6.07, 6.45) is 3.58. The Kier molecular flexibility index (Phi) is 4.74. The summed E-state index contributed by atoms with van der Waals surface area (Å²) in [5.41, 5.74) is 5.12. The first-order valence-electron chi connectivity index (χ1n) is 6.60. The molecule has 3 N–H and O–H groups in total. The van der Waals surface area contributed by atoms with Crippen LogP contribution in [-0.4, -0.2) is 10.5 Å². The molecule has 0 fully saturated rings. The van der Waals surface area contributed by atoms with Crippen molar-refractivity contribution >= 4 is 5.91 Å². The zero-order valence-corrected chi connectivity index (χ0v) is 11.4. The molecule has 0 aliphatic heterocycles. The number of nitrogens with two attached hydrogens (primary N) is 1. The van der Waals surface area contributed by atoms with E-state index in [1.165, 1.54) is 5.56 Å². The minimum Gasteiger partial charge on any atom is -0.337 e. The number of benzene rings is 1. The highest BCUT2D eigenvalue weighted by Gasteiger charge is 2.13. The number of aromatic nitrogens is 1. The van der Waals surface area contributed by atoms with Crippen molar-refractivity contribution in [3.8, 4) is 0 Å². The van der Waals surface area contributed by atoms with E-state index in [1.54, 1.807) is 12.1 Å². The second kappa shape index (κ2) is 6.73. The molecular weight excluding hydrogens is 250 g/mol. The number of aryl methyl sites for hydroxylation is 2. The number of hydrogen-bond donors (Lipinski definition) is 2. The lowest BCUT2D eigenvalue weighted by molar-refractivity contribution is 0.0944. The van der Waals surface area contributed by atoms with E-state index in [9.17, 15) is 4.79 Å². The van der Waals surface area contributed by atoms with Gasteiger partial charge in [0.2, 0.25) is 0 Å². The Labute approximate surface area is 118 Å². The van der Waals surface area contributed by atoms with E-state index in [0.717, 1.165) is 18.5 Å². The Morgan fingerprint density at radius 2 is 1.95 bits per heavy atom. The predicted molar refractivity (Wildman–Crippen MR) is 80.1 cm³/mol. The second-order valence-electron chi connectivity index (χ2n) is 4.57. The Balaban J connectivity index is 2.17. The zero-order valence-electron chi connectivity index (χ0n) is 11.4. The second-order valence-corrected chi connectivity index (χ2v) is 4.57. The van der Waals surface area contributed by atoms with Crippen molar-refractivity contribution in [2.24, 2.45) is 5.84 Å². The van der Waals surface area contributed by atoms with E-state index in [1.807, 2.05) is 28.8 Å². The summed E-state index contributed by atoms with van der Waals surface area (Å²) in [6, 6.07) is 14.1. The van der Waals surface area contributed by atoms with Crippen LogP contribution in [0.5, 0.6) is 0 Å². The number of hydrogen-bond acceptors (Lipinski definition) is 2. The van der Waals surface area contributed by atoms with Gasteiger partial charge in [-0.15, -0.1) is 6.58 Å². The van der Waals surface area contributed by atoms with Crippen molar-refractivity contribution < 1.29 is 4.79 Å². The minimum absolute atomic E-state index is 0.280. The van der Waals surface area contributed by atoms with E-state index >= 15 is 0 Å². The van der Waals surface area contributed by atoms with Crippen molar-refractivity contribution in [2.75, 3.05) is 0 Å². The van der Waals surface area contributed by atoms with Crippen LogP contribution >= 0.6 is 0 Å². The van der Waals surface area contributed by atoms with Gasteiger partial charge in [-0.1, -0.05) is 36.4 Å². The van der Waals surface area contributed by atoms with Crippen molar-refractivity contribution in [3.05, 3.63) is 72.1 Å². The van der Waals surface area contributed by atoms with Gasteiger partial charge in [-0.2, -0.15) is 0 Å². The van der Waals surface area contributed by atoms with Crippen molar-refractivity contribution in [2.45, 2.75) is 19.4 Å². The third-order valence-corrected chi connectivity index (χ3v) is 3.26. The van der Waals surface area contributed by atoms with Gasteiger partial charge in [0, 0.05) is 12.2 Å². The van der Waals surface area contributed by atoms with Gasteiger partial charge in [0.05, 0.1) is 0 Å². The average molecular weight is 269 g/mol. The standard InChI is InChI=1S/C16H19N3O/c1-2-12-19-14(10-11-15(19)16(20)18-17)9-8-13-6-4-3-5-7-13/h2-7,10-11H,1,8-9,12,17H2,(H,18,20). The summed E-state index contributed by atoms with van der Waals surface area (Å²) in [4.78, 5) is 11.7. The molecule has 0 aliphatic carbocycles. The summed E-state index contributed by atoms with van der Waals surface area (Å²) in [5.74, 6) is 4.92. The maximum absolute atomic E-state index is 11.7. The number of nitrogens with zero attached hydrogens (tertiary/aromatic N) is 1. The summed E-state index contributed by atoms with van der Waals surface area (Å²) < 4.78 is 1.94. The highest BCUT2D eigenvalue weighted by molar-refractivity contribution is 5.92. The van der Waals surface area contributed by atoms with Crippen molar-refractivity contribution in [1.82, 2.24) is 9.99 Å². The molecule has 0 saturated heterocycles. The van der Waals surface area contributed by atoms with Gasteiger partial charge < -0.3 is 4.57 Å². The van der Waals surface area contributed by atoms with Crippen LogP contribution in [0.3, 0.4) is 0 Å². The topological polar surface area (TPSA) is 60.0 Å². The smallest absolute Gasteiger partial charge is 0.281 e. The van der Waals surface area contributed by atoms with Crippen molar-refractivity contribution in [3.63, 3.8) is 0 Å². The Morgan fingerprint density at radius 1 is 1.20 bits per heavy atom. The van der Waals surface area contributed by atoms with Crippen LogP contribution in [0.1, 0.15) is 21.7 Å². The van der Waals surface area contributed by atoms with Gasteiger partial charge in [-0.25, -0.2) is 5.84 Å². The molecular formula is C16H19N3O. The number of carbonyl (C=O) groups is 1. The largest absolute Gasteiger partial charge is 0.337 e. The molecule has 4 nitrogen and oxygen atoms in total. The molecule has 0 spiro atoms. The number of nitrogen functional groups attached to an aromatic ring is 1. The number of amides is 1. The summed E-state index contributed by atoms with van der Waals surface area (Å²) in [5, 5.41) is 0. The lowest BCUT2D eigenvalue weighted by Crippen LogP contribution is -2.32. The molecule has 4 heteroatoms. The van der Waals surface area contributed by atoms with Crippen LogP contribution in [-0.2, 0) is 19.4 Å². The Morgan fingerprint density at radius 3 is 2.60 bits per heavy atom. The minimum atomic E-state index is -0.280. The molecule has 0 radical (unpaired) electrons. The first-order chi connectivity index (χ1) is 9.76.